The summed E-state index contributed by atoms with van der Waals surface area (Å²) in [5, 5.41) is 15.1. The van der Waals surface area contributed by atoms with Crippen molar-refractivity contribution in [2.75, 3.05) is 0 Å². The molecule has 4 aromatic heterocycles. The van der Waals surface area contributed by atoms with E-state index in [2.05, 4.69) is 0 Å². The first-order chi connectivity index (χ1) is 25.7. The Hall–Kier alpha value is -7.34. The maximum Gasteiger partial charge on any atom is 0.296 e. The molecule has 8 aromatic rings. The zero-order valence-electron chi connectivity index (χ0n) is 26.5. The van der Waals surface area contributed by atoms with Gasteiger partial charge in [-0.3, -0.25) is 47.5 Å². The highest BCUT2D eigenvalue weighted by Gasteiger charge is 2.32. The summed E-state index contributed by atoms with van der Waals surface area (Å²) in [6, 6.07) is 8.12. The Labute approximate surface area is 298 Å². The van der Waals surface area contributed by atoms with Gasteiger partial charge in [-0.25, -0.2) is 9.13 Å². The van der Waals surface area contributed by atoms with E-state index in [1.165, 1.54) is 0 Å². The summed E-state index contributed by atoms with van der Waals surface area (Å²) in [4.78, 5) is 105. The van der Waals surface area contributed by atoms with Gasteiger partial charge in [-0.2, -0.15) is 16.8 Å². The highest BCUT2D eigenvalue weighted by molar-refractivity contribution is 7.86. The number of aromatic nitrogens is 4. The van der Waals surface area contributed by atoms with Crippen LogP contribution in [0.25, 0.3) is 54.5 Å². The lowest BCUT2D eigenvalue weighted by Crippen LogP contribution is -2.31. The number of nitrogens with zero attached hydrogens (tertiary/aromatic N) is 4. The van der Waals surface area contributed by atoms with Crippen molar-refractivity contribution in [3.8, 4) is 22.9 Å². The molecule has 0 saturated heterocycles. The van der Waals surface area contributed by atoms with Crippen LogP contribution >= 0.6 is 0 Å². The summed E-state index contributed by atoms with van der Waals surface area (Å²) in [6.07, 6.45) is 0. The van der Waals surface area contributed by atoms with Crippen LogP contribution in [0.1, 0.15) is 0 Å². The standard InChI is InChI=1S/C32H14N4O17S2/c37-25-13-7-17-18(30(42)35(45)29(17)41)8-14(13)26(38)33(25)23-21(53-11-1-3-12(4-2-11)54(47,48)49)5-6-22(55(50,51)52)24(23)34-27(39)15-9-19-20(10-16(15)28(34)40)32(44)36(46)31(19)43/h1-10,45-46H,(H,47,48,49)(H,50,51,52). The first kappa shape index (κ1) is 34.7. The largest absolute Gasteiger partial charge is 0.455 e. The van der Waals surface area contributed by atoms with Crippen molar-refractivity contribution in [2.45, 2.75) is 9.79 Å². The third kappa shape index (κ3) is 4.77. The van der Waals surface area contributed by atoms with Crippen molar-refractivity contribution in [1.29, 1.82) is 0 Å². The molecule has 0 saturated carbocycles. The second kappa shape index (κ2) is 11.1. The van der Waals surface area contributed by atoms with E-state index in [0.717, 1.165) is 54.6 Å². The summed E-state index contributed by atoms with van der Waals surface area (Å²) in [5.41, 5.74) is -13.0. The van der Waals surface area contributed by atoms with Gasteiger partial charge in [0.15, 0.2) is 5.75 Å². The molecule has 8 rings (SSSR count). The van der Waals surface area contributed by atoms with Crippen molar-refractivity contribution in [2.24, 2.45) is 0 Å². The second-order valence-corrected chi connectivity index (χ2v) is 14.7. The molecule has 21 nitrogen and oxygen atoms in total. The van der Waals surface area contributed by atoms with Crippen LogP contribution < -0.4 is 49.2 Å². The Kier molecular flexibility index (Phi) is 7.00. The van der Waals surface area contributed by atoms with Gasteiger partial charge < -0.3 is 15.2 Å². The Bertz CT molecular complexity index is 3610. The van der Waals surface area contributed by atoms with Gasteiger partial charge in [0.1, 0.15) is 22.0 Å². The molecule has 0 spiro atoms. The molecule has 4 heterocycles. The maximum atomic E-state index is 14.2. The number of fused-ring (bicyclic) bond motifs is 4. The summed E-state index contributed by atoms with van der Waals surface area (Å²) in [5.74, 6) is -1.04. The van der Waals surface area contributed by atoms with Crippen LogP contribution in [0.5, 0.6) is 11.5 Å². The van der Waals surface area contributed by atoms with Crippen LogP contribution in [0.2, 0.25) is 0 Å². The van der Waals surface area contributed by atoms with Crippen LogP contribution in [0.3, 0.4) is 0 Å². The van der Waals surface area contributed by atoms with Gasteiger partial charge in [0.05, 0.1) is 48.0 Å². The number of hydrogen-bond acceptors (Lipinski definition) is 15. The molecule has 0 unspecified atom stereocenters. The molecule has 23 heteroatoms. The first-order valence-electron chi connectivity index (χ1n) is 14.9. The van der Waals surface area contributed by atoms with Gasteiger partial charge >= 0.3 is 0 Å². The van der Waals surface area contributed by atoms with E-state index < -0.39 is 135 Å². The molecule has 0 aliphatic rings. The average molecular weight is 791 g/mol. The van der Waals surface area contributed by atoms with E-state index in [0.29, 0.717) is 6.07 Å². The molecule has 0 amide bonds. The van der Waals surface area contributed by atoms with E-state index in [4.69, 9.17) is 4.74 Å². The minimum Gasteiger partial charge on any atom is -0.455 e. The van der Waals surface area contributed by atoms with Gasteiger partial charge in [0.2, 0.25) is 0 Å². The monoisotopic (exact) mass is 790 g/mol. The van der Waals surface area contributed by atoms with Crippen molar-refractivity contribution in [3.05, 3.63) is 143 Å². The molecular weight excluding hydrogens is 776 g/mol. The fourth-order valence-electron chi connectivity index (χ4n) is 6.40. The van der Waals surface area contributed by atoms with Crippen LogP contribution in [0.4, 0.5) is 0 Å². The second-order valence-electron chi connectivity index (χ2n) is 11.9. The molecule has 4 N–H and O–H groups in total. The number of benzene rings is 4. The molecule has 0 atom stereocenters. The summed E-state index contributed by atoms with van der Waals surface area (Å²) < 4.78 is 74.4. The lowest BCUT2D eigenvalue weighted by Gasteiger charge is -2.18. The topological polar surface area (TPSA) is 315 Å². The SMILES string of the molecule is O=c1c2cc3c(=O)n(-c4c(Oc5ccc(S(=O)(=O)O)cc5)ccc(S(=O)(=O)O)c4-n4c(=O)c5cc6c(=O)n(O)c(=O)c6cc5c4=O)c(=O)c3cc2c(=O)n1O. The van der Waals surface area contributed by atoms with Crippen molar-refractivity contribution in [3.63, 3.8) is 0 Å². The van der Waals surface area contributed by atoms with Crippen molar-refractivity contribution in [1.82, 2.24) is 18.6 Å². The molecular formula is C32H14N4O17S2. The normalized spacial score (nSPS) is 12.5. The third-order valence-electron chi connectivity index (χ3n) is 8.89. The number of ether oxygens (including phenoxy) is 1. The highest BCUT2D eigenvalue weighted by atomic mass is 32.2. The van der Waals surface area contributed by atoms with Gasteiger partial charge in [0.25, 0.3) is 64.7 Å². The lowest BCUT2D eigenvalue weighted by molar-refractivity contribution is 0.170. The molecule has 4 aromatic carbocycles. The molecule has 0 fully saturated rings. The fraction of sp³-hybridized carbons (Fsp3) is 0. The molecule has 0 bridgehead atoms. The Morgan fingerprint density at radius 1 is 0.436 bits per heavy atom. The van der Waals surface area contributed by atoms with E-state index >= 15 is 0 Å². The Balaban J connectivity index is 1.55. The summed E-state index contributed by atoms with van der Waals surface area (Å²) >= 11 is 0. The molecule has 0 aliphatic carbocycles. The molecule has 276 valence electrons. The molecule has 55 heavy (non-hydrogen) atoms. The quantitative estimate of drug-likeness (QED) is 0.114. The fourth-order valence-corrected chi connectivity index (χ4v) is 7.55. The van der Waals surface area contributed by atoms with Gasteiger partial charge in [-0.05, 0) is 60.7 Å². The van der Waals surface area contributed by atoms with E-state index in [9.17, 15) is 74.7 Å². The van der Waals surface area contributed by atoms with Crippen LogP contribution in [0, 0.1) is 0 Å². The third-order valence-corrected chi connectivity index (χ3v) is 10.6. The predicted molar refractivity (Wildman–Crippen MR) is 187 cm³/mol. The number of hydrogen-bond donors (Lipinski definition) is 4. The Morgan fingerprint density at radius 2 is 0.782 bits per heavy atom. The summed E-state index contributed by atoms with van der Waals surface area (Å²) in [6.45, 7) is 0. The van der Waals surface area contributed by atoms with E-state index in [1.807, 2.05) is 0 Å². The molecule has 0 aliphatic heterocycles. The first-order valence-corrected chi connectivity index (χ1v) is 17.8. The van der Waals surface area contributed by atoms with Crippen molar-refractivity contribution < 1.29 is 41.1 Å². The van der Waals surface area contributed by atoms with Crippen molar-refractivity contribution >= 4 is 63.3 Å². The zero-order valence-corrected chi connectivity index (χ0v) is 28.1. The minimum absolute atomic E-state index is 0.0957. The van der Waals surface area contributed by atoms with Gasteiger partial charge in [-0.15, -0.1) is 9.46 Å². The molecule has 0 radical (unpaired) electrons. The van der Waals surface area contributed by atoms with Gasteiger partial charge in [0, 0.05) is 0 Å². The lowest BCUT2D eigenvalue weighted by atomic mass is 10.1. The Morgan fingerprint density at radius 3 is 1.13 bits per heavy atom. The number of rotatable bonds is 6. The van der Waals surface area contributed by atoms with E-state index in [1.54, 1.807) is 0 Å². The smallest absolute Gasteiger partial charge is 0.296 e. The summed E-state index contributed by atoms with van der Waals surface area (Å²) in [7, 11) is -10.3. The van der Waals surface area contributed by atoms with Gasteiger partial charge in [-0.1, -0.05) is 0 Å². The maximum absolute atomic E-state index is 14.2. The minimum atomic E-state index is -5.55. The van der Waals surface area contributed by atoms with Crippen LogP contribution in [-0.4, -0.2) is 55.0 Å². The van der Waals surface area contributed by atoms with Crippen LogP contribution in [-0.2, 0) is 20.2 Å². The highest BCUT2D eigenvalue weighted by Crippen LogP contribution is 2.37. The predicted octanol–water partition coefficient (Wildman–Crippen LogP) is -1.12. The van der Waals surface area contributed by atoms with Crippen LogP contribution in [0.15, 0.2) is 109 Å². The zero-order chi connectivity index (χ0) is 39.8. The average Bonchev–Trinajstić information content (AvgIpc) is 3.69. The van der Waals surface area contributed by atoms with E-state index in [-0.39, 0.29) is 24.3 Å².